The maximum atomic E-state index is 4.21. The number of benzene rings is 1. The monoisotopic (exact) mass is 222 g/mol. The summed E-state index contributed by atoms with van der Waals surface area (Å²) >= 11 is 4.21. The van der Waals surface area contributed by atoms with Gasteiger partial charge in [0.2, 0.25) is 0 Å². The second kappa shape index (κ2) is 4.19. The lowest BCUT2D eigenvalue weighted by Crippen LogP contribution is -1.88. The molecule has 4 heteroatoms. The SMILES string of the molecule is CC(SS)c1ccc2nnccc2c1. The highest BCUT2D eigenvalue weighted by Crippen LogP contribution is 2.31. The van der Waals surface area contributed by atoms with E-state index in [1.54, 1.807) is 17.0 Å². The average molecular weight is 222 g/mol. The predicted octanol–water partition coefficient (Wildman–Crippen LogP) is 3.27. The molecule has 0 saturated carbocycles. The van der Waals surface area contributed by atoms with E-state index in [2.05, 4.69) is 40.9 Å². The zero-order chi connectivity index (χ0) is 9.97. The fourth-order valence-corrected chi connectivity index (χ4v) is 1.95. The molecule has 0 spiro atoms. The first-order chi connectivity index (χ1) is 6.81. The Morgan fingerprint density at radius 2 is 2.21 bits per heavy atom. The van der Waals surface area contributed by atoms with Crippen LogP contribution in [0.15, 0.2) is 30.5 Å². The minimum absolute atomic E-state index is 0.399. The van der Waals surface area contributed by atoms with Crippen LogP contribution in [0.3, 0.4) is 0 Å². The molecule has 2 nitrogen and oxygen atoms in total. The zero-order valence-corrected chi connectivity index (χ0v) is 9.42. The number of rotatable bonds is 2. The summed E-state index contributed by atoms with van der Waals surface area (Å²) < 4.78 is 0. The lowest BCUT2D eigenvalue weighted by Gasteiger charge is -2.07. The molecule has 2 aromatic rings. The van der Waals surface area contributed by atoms with Crippen LogP contribution in [0.1, 0.15) is 17.7 Å². The van der Waals surface area contributed by atoms with Crippen molar-refractivity contribution in [1.29, 1.82) is 0 Å². The molecule has 14 heavy (non-hydrogen) atoms. The van der Waals surface area contributed by atoms with Crippen molar-refractivity contribution >= 4 is 33.4 Å². The van der Waals surface area contributed by atoms with Gasteiger partial charge in [-0.2, -0.15) is 10.2 Å². The maximum absolute atomic E-state index is 4.21. The topological polar surface area (TPSA) is 25.8 Å². The number of aromatic nitrogens is 2. The molecule has 1 unspecified atom stereocenters. The van der Waals surface area contributed by atoms with Gasteiger partial charge in [-0.15, -0.1) is 11.7 Å². The predicted molar refractivity (Wildman–Crippen MR) is 64.5 cm³/mol. The zero-order valence-electron chi connectivity index (χ0n) is 7.71. The number of thiol groups is 1. The molecule has 1 atom stereocenters. The summed E-state index contributed by atoms with van der Waals surface area (Å²) in [6, 6.07) is 8.18. The van der Waals surface area contributed by atoms with Gasteiger partial charge in [0.25, 0.3) is 0 Å². The third kappa shape index (κ3) is 1.86. The third-order valence-corrected chi connectivity index (χ3v) is 3.70. The van der Waals surface area contributed by atoms with Crippen molar-refractivity contribution < 1.29 is 0 Å². The summed E-state index contributed by atoms with van der Waals surface area (Å²) in [5.41, 5.74) is 2.21. The number of hydrogen-bond acceptors (Lipinski definition) is 4. The van der Waals surface area contributed by atoms with E-state index in [-0.39, 0.29) is 0 Å². The van der Waals surface area contributed by atoms with Crippen molar-refractivity contribution in [3.8, 4) is 0 Å². The second-order valence-electron chi connectivity index (χ2n) is 3.10. The van der Waals surface area contributed by atoms with Crippen molar-refractivity contribution in [3.05, 3.63) is 36.0 Å². The average Bonchev–Trinajstić information content (AvgIpc) is 2.27. The Bertz CT molecular complexity index is 445. The van der Waals surface area contributed by atoms with Gasteiger partial charge in [0.1, 0.15) is 0 Å². The normalized spacial score (nSPS) is 13.0. The van der Waals surface area contributed by atoms with E-state index in [9.17, 15) is 0 Å². The first kappa shape index (κ1) is 9.80. The molecule has 0 saturated heterocycles. The molecule has 0 N–H and O–H groups in total. The smallest absolute Gasteiger partial charge is 0.0929 e. The van der Waals surface area contributed by atoms with Crippen LogP contribution in [-0.4, -0.2) is 10.2 Å². The molecule has 0 bridgehead atoms. The van der Waals surface area contributed by atoms with Gasteiger partial charge in [-0.25, -0.2) is 0 Å². The van der Waals surface area contributed by atoms with Gasteiger partial charge >= 0.3 is 0 Å². The van der Waals surface area contributed by atoms with Crippen LogP contribution in [0, 0.1) is 0 Å². The summed E-state index contributed by atoms with van der Waals surface area (Å²) in [4.78, 5) is 0. The molecule has 1 aromatic heterocycles. The van der Waals surface area contributed by atoms with Gasteiger partial charge in [-0.1, -0.05) is 16.9 Å². The summed E-state index contributed by atoms with van der Waals surface area (Å²) in [5, 5.41) is 9.40. The van der Waals surface area contributed by atoms with Crippen LogP contribution < -0.4 is 0 Å². The summed E-state index contributed by atoms with van der Waals surface area (Å²) in [6.45, 7) is 2.13. The first-order valence-electron chi connectivity index (χ1n) is 4.33. The molecule has 2 rings (SSSR count). The van der Waals surface area contributed by atoms with E-state index < -0.39 is 0 Å². The standard InChI is InChI=1S/C10H10N2S2/c1-7(14-13)8-2-3-10-9(6-8)4-5-11-12-10/h2-7,13H,1H3. The van der Waals surface area contributed by atoms with Crippen LogP contribution in [0.2, 0.25) is 0 Å². The fraction of sp³-hybridized carbons (Fsp3) is 0.200. The van der Waals surface area contributed by atoms with E-state index in [4.69, 9.17) is 0 Å². The summed E-state index contributed by atoms with van der Waals surface area (Å²) in [6.07, 6.45) is 1.71. The van der Waals surface area contributed by atoms with Crippen LogP contribution in [0.5, 0.6) is 0 Å². The fourth-order valence-electron chi connectivity index (χ4n) is 1.32. The Kier molecular flexibility index (Phi) is 2.93. The van der Waals surface area contributed by atoms with E-state index in [0.29, 0.717) is 5.25 Å². The first-order valence-corrected chi connectivity index (χ1v) is 6.26. The Labute approximate surface area is 91.9 Å². The molecule has 0 fully saturated rings. The molecular weight excluding hydrogens is 212 g/mol. The maximum Gasteiger partial charge on any atom is 0.0929 e. The molecule has 0 aliphatic carbocycles. The van der Waals surface area contributed by atoms with Crippen LogP contribution in [0.4, 0.5) is 0 Å². The van der Waals surface area contributed by atoms with Crippen molar-refractivity contribution in [3.63, 3.8) is 0 Å². The molecule has 0 amide bonds. The van der Waals surface area contributed by atoms with Gasteiger partial charge < -0.3 is 0 Å². The van der Waals surface area contributed by atoms with Gasteiger partial charge in [-0.05, 0) is 30.7 Å². The van der Waals surface area contributed by atoms with Gasteiger partial charge in [0.05, 0.1) is 11.7 Å². The highest BCUT2D eigenvalue weighted by molar-refractivity contribution is 8.68. The van der Waals surface area contributed by atoms with Crippen molar-refractivity contribution in [2.45, 2.75) is 12.2 Å². The Hall–Kier alpha value is -0.740. The van der Waals surface area contributed by atoms with Crippen molar-refractivity contribution in [2.24, 2.45) is 0 Å². The van der Waals surface area contributed by atoms with Gasteiger partial charge in [0.15, 0.2) is 0 Å². The summed E-state index contributed by atoms with van der Waals surface area (Å²) in [5.74, 6) is 0. The van der Waals surface area contributed by atoms with Crippen LogP contribution >= 0.6 is 22.5 Å². The molecule has 0 aliphatic heterocycles. The summed E-state index contributed by atoms with van der Waals surface area (Å²) in [7, 11) is 1.54. The minimum Gasteiger partial charge on any atom is -0.159 e. The Morgan fingerprint density at radius 1 is 1.36 bits per heavy atom. The molecule has 0 radical (unpaired) electrons. The van der Waals surface area contributed by atoms with Crippen molar-refractivity contribution in [1.82, 2.24) is 10.2 Å². The second-order valence-corrected chi connectivity index (χ2v) is 4.65. The lowest BCUT2D eigenvalue weighted by atomic mass is 10.1. The minimum atomic E-state index is 0.399. The van der Waals surface area contributed by atoms with E-state index in [0.717, 1.165) is 10.9 Å². The largest absolute Gasteiger partial charge is 0.159 e. The van der Waals surface area contributed by atoms with E-state index >= 15 is 0 Å². The van der Waals surface area contributed by atoms with Crippen molar-refractivity contribution in [2.75, 3.05) is 0 Å². The number of hydrogen-bond donors (Lipinski definition) is 1. The number of nitrogens with zero attached hydrogens (tertiary/aromatic N) is 2. The Morgan fingerprint density at radius 3 is 3.00 bits per heavy atom. The van der Waals surface area contributed by atoms with E-state index in [1.165, 1.54) is 5.56 Å². The Balaban J connectivity index is 2.51. The van der Waals surface area contributed by atoms with Crippen LogP contribution in [-0.2, 0) is 0 Å². The highest BCUT2D eigenvalue weighted by atomic mass is 33.1. The quantitative estimate of drug-likeness (QED) is 0.624. The number of fused-ring (bicyclic) bond motifs is 1. The van der Waals surface area contributed by atoms with E-state index in [1.807, 2.05) is 12.1 Å². The highest BCUT2D eigenvalue weighted by Gasteiger charge is 2.04. The molecule has 1 aromatic carbocycles. The molecular formula is C10H10N2S2. The molecule has 72 valence electrons. The lowest BCUT2D eigenvalue weighted by molar-refractivity contribution is 1.07. The molecule has 1 heterocycles. The van der Waals surface area contributed by atoms with Crippen LogP contribution in [0.25, 0.3) is 10.9 Å². The van der Waals surface area contributed by atoms with Gasteiger partial charge in [0, 0.05) is 10.6 Å². The third-order valence-electron chi connectivity index (χ3n) is 2.17. The molecule has 0 aliphatic rings. The van der Waals surface area contributed by atoms with Gasteiger partial charge in [-0.3, -0.25) is 0 Å².